The van der Waals surface area contributed by atoms with Crippen molar-refractivity contribution in [1.82, 2.24) is 5.32 Å². The van der Waals surface area contributed by atoms with Gasteiger partial charge >= 0.3 is 5.97 Å². The summed E-state index contributed by atoms with van der Waals surface area (Å²) in [5.41, 5.74) is 0.586. The summed E-state index contributed by atoms with van der Waals surface area (Å²) in [6, 6.07) is 17.9. The second kappa shape index (κ2) is 11.9. The predicted molar refractivity (Wildman–Crippen MR) is 124 cm³/mol. The Morgan fingerprint density at radius 3 is 2.68 bits per heavy atom. The van der Waals surface area contributed by atoms with Gasteiger partial charge in [-0.2, -0.15) is 0 Å². The van der Waals surface area contributed by atoms with Crippen LogP contribution in [0.25, 0.3) is 10.8 Å². The Bertz CT molecular complexity index is 1020. The van der Waals surface area contributed by atoms with Gasteiger partial charge in [-0.25, -0.2) is 0 Å². The lowest BCUT2D eigenvalue weighted by atomic mass is 10.1. The predicted octanol–water partition coefficient (Wildman–Crippen LogP) is 5.26. The molecule has 1 heterocycles. The number of methoxy groups -OCH3 is 1. The number of fused-ring (bicyclic) bond motifs is 1. The van der Waals surface area contributed by atoms with Crippen LogP contribution in [0.15, 0.2) is 71.6 Å². The fourth-order valence-electron chi connectivity index (χ4n) is 3.18. The zero-order valence-electron chi connectivity index (χ0n) is 17.6. The number of benzene rings is 2. The third kappa shape index (κ3) is 6.96. The maximum Gasteiger partial charge on any atom is 0.305 e. The van der Waals surface area contributed by atoms with Crippen LogP contribution in [0, 0.1) is 0 Å². The quantitative estimate of drug-likeness (QED) is 0.253. The molecular weight excluding hydrogens is 410 g/mol. The molecule has 162 valence electrons. The first-order valence-corrected chi connectivity index (χ1v) is 11.2. The van der Waals surface area contributed by atoms with Gasteiger partial charge in [-0.05, 0) is 42.2 Å². The first-order chi connectivity index (χ1) is 15.2. The Hall–Kier alpha value is -3.12. The van der Waals surface area contributed by atoms with Crippen molar-refractivity contribution in [1.29, 1.82) is 0 Å². The van der Waals surface area contributed by atoms with E-state index in [2.05, 4.69) is 10.1 Å². The molecule has 31 heavy (non-hydrogen) atoms. The van der Waals surface area contributed by atoms with Crippen LogP contribution >= 0.6 is 11.3 Å². The minimum absolute atomic E-state index is 0.137. The third-order valence-corrected chi connectivity index (χ3v) is 5.76. The van der Waals surface area contributed by atoms with Crippen LogP contribution in [-0.2, 0) is 20.9 Å². The molecule has 1 amide bonds. The summed E-state index contributed by atoms with van der Waals surface area (Å²) in [6.07, 6.45) is 4.50. The van der Waals surface area contributed by atoms with E-state index in [1.807, 2.05) is 66.1 Å². The average molecular weight is 438 g/mol. The van der Waals surface area contributed by atoms with E-state index in [1.165, 1.54) is 7.11 Å². The molecule has 2 aromatic carbocycles. The lowest BCUT2D eigenvalue weighted by Crippen LogP contribution is -2.27. The molecule has 0 atom stereocenters. The molecule has 0 saturated heterocycles. The summed E-state index contributed by atoms with van der Waals surface area (Å²) in [7, 11) is 1.39. The van der Waals surface area contributed by atoms with Crippen LogP contribution in [0.2, 0.25) is 0 Å². The molecule has 0 bridgehead atoms. The molecule has 3 aromatic rings. The van der Waals surface area contributed by atoms with Gasteiger partial charge in [-0.15, -0.1) is 11.3 Å². The summed E-state index contributed by atoms with van der Waals surface area (Å²) >= 11 is 1.61. The first kappa shape index (κ1) is 22.6. The van der Waals surface area contributed by atoms with Crippen molar-refractivity contribution in [2.24, 2.45) is 0 Å². The highest BCUT2D eigenvalue weighted by Crippen LogP contribution is 2.25. The van der Waals surface area contributed by atoms with Gasteiger partial charge in [0.1, 0.15) is 12.4 Å². The van der Waals surface area contributed by atoms with Crippen molar-refractivity contribution in [2.45, 2.75) is 32.2 Å². The number of esters is 1. The van der Waals surface area contributed by atoms with Gasteiger partial charge in [0.25, 0.3) is 5.91 Å². The van der Waals surface area contributed by atoms with Crippen molar-refractivity contribution in [2.75, 3.05) is 13.7 Å². The Labute approximate surface area is 186 Å². The van der Waals surface area contributed by atoms with E-state index in [4.69, 9.17) is 4.74 Å². The largest absolute Gasteiger partial charge is 0.488 e. The highest BCUT2D eigenvalue weighted by molar-refractivity contribution is 7.09. The smallest absolute Gasteiger partial charge is 0.305 e. The zero-order chi connectivity index (χ0) is 21.9. The minimum atomic E-state index is -0.211. The standard InChI is InChI=1S/C25H27NO4S/c1-29-24(27)15-4-2-3-10-20(25(28)26-17-21-12-8-16-31-21)18-30-23-14-7-11-19-9-5-6-13-22(19)23/h5-14,16H,2-4,15,17-18H2,1H3,(H,26,28). The fraction of sp³-hybridized carbons (Fsp3) is 0.280. The molecule has 0 saturated carbocycles. The number of ether oxygens (including phenoxy) is 2. The number of thiophene rings is 1. The number of unbranched alkanes of at least 4 members (excludes halogenated alkanes) is 2. The summed E-state index contributed by atoms with van der Waals surface area (Å²) in [4.78, 5) is 25.2. The molecule has 0 radical (unpaired) electrons. The Morgan fingerprint density at radius 1 is 1.03 bits per heavy atom. The molecule has 0 aliphatic rings. The van der Waals surface area contributed by atoms with Crippen LogP contribution in [-0.4, -0.2) is 25.6 Å². The highest BCUT2D eigenvalue weighted by Gasteiger charge is 2.12. The number of hydrogen-bond donors (Lipinski definition) is 1. The van der Waals surface area contributed by atoms with Gasteiger partial charge in [-0.1, -0.05) is 48.5 Å². The van der Waals surface area contributed by atoms with Gasteiger partial charge < -0.3 is 14.8 Å². The van der Waals surface area contributed by atoms with E-state index in [1.54, 1.807) is 11.3 Å². The summed E-state index contributed by atoms with van der Waals surface area (Å²) in [5.74, 6) is 0.402. The second-order valence-electron chi connectivity index (χ2n) is 7.08. The third-order valence-electron chi connectivity index (χ3n) is 4.88. The molecule has 0 unspecified atom stereocenters. The number of hydrogen-bond acceptors (Lipinski definition) is 5. The Morgan fingerprint density at radius 2 is 1.87 bits per heavy atom. The van der Waals surface area contributed by atoms with Crippen LogP contribution in [0.4, 0.5) is 0 Å². The monoisotopic (exact) mass is 437 g/mol. The summed E-state index contributed by atoms with van der Waals surface area (Å²) in [5, 5.41) is 7.07. The summed E-state index contributed by atoms with van der Waals surface area (Å²) < 4.78 is 10.7. The summed E-state index contributed by atoms with van der Waals surface area (Å²) in [6.45, 7) is 0.672. The molecule has 1 N–H and O–H groups in total. The van der Waals surface area contributed by atoms with Crippen LogP contribution in [0.5, 0.6) is 5.75 Å². The molecule has 5 nitrogen and oxygen atoms in total. The maximum atomic E-state index is 12.8. The van der Waals surface area contributed by atoms with Gasteiger partial charge in [-0.3, -0.25) is 9.59 Å². The number of nitrogens with one attached hydrogen (secondary N) is 1. The van der Waals surface area contributed by atoms with Gasteiger partial charge in [0.2, 0.25) is 0 Å². The molecule has 0 aliphatic carbocycles. The maximum absolute atomic E-state index is 12.8. The highest BCUT2D eigenvalue weighted by atomic mass is 32.1. The number of allylic oxidation sites excluding steroid dienone is 1. The lowest BCUT2D eigenvalue weighted by molar-refractivity contribution is -0.140. The van der Waals surface area contributed by atoms with E-state index >= 15 is 0 Å². The molecule has 3 rings (SSSR count). The van der Waals surface area contributed by atoms with Crippen LogP contribution in [0.3, 0.4) is 0 Å². The lowest BCUT2D eigenvalue weighted by Gasteiger charge is -2.12. The minimum Gasteiger partial charge on any atom is -0.488 e. The zero-order valence-corrected chi connectivity index (χ0v) is 18.5. The van der Waals surface area contributed by atoms with Crippen LogP contribution in [0.1, 0.15) is 30.6 Å². The number of carbonyl (C=O) groups is 2. The molecule has 0 fully saturated rings. The Balaban J connectivity index is 1.64. The van der Waals surface area contributed by atoms with Crippen LogP contribution < -0.4 is 10.1 Å². The van der Waals surface area contributed by atoms with Crippen molar-refractivity contribution in [3.05, 3.63) is 76.5 Å². The van der Waals surface area contributed by atoms with E-state index < -0.39 is 0 Å². The van der Waals surface area contributed by atoms with Gasteiger partial charge in [0, 0.05) is 16.7 Å². The molecule has 0 aliphatic heterocycles. The van der Waals surface area contributed by atoms with E-state index in [9.17, 15) is 9.59 Å². The Kier molecular flexibility index (Phi) is 8.67. The molecule has 0 spiro atoms. The fourth-order valence-corrected chi connectivity index (χ4v) is 3.82. The number of carbonyl (C=O) groups excluding carboxylic acids is 2. The normalized spacial score (nSPS) is 11.3. The average Bonchev–Trinajstić information content (AvgIpc) is 3.32. The topological polar surface area (TPSA) is 64.6 Å². The van der Waals surface area contributed by atoms with Crippen molar-refractivity contribution in [3.8, 4) is 5.75 Å². The van der Waals surface area contributed by atoms with Crippen molar-refractivity contribution in [3.63, 3.8) is 0 Å². The first-order valence-electron chi connectivity index (χ1n) is 10.3. The van der Waals surface area contributed by atoms with E-state index in [0.717, 1.165) is 34.2 Å². The SMILES string of the molecule is COC(=O)CCCCC=C(COc1cccc2ccccc12)C(=O)NCc1cccs1. The number of rotatable bonds is 11. The second-order valence-corrected chi connectivity index (χ2v) is 8.11. The van der Waals surface area contributed by atoms with Gasteiger partial charge in [0.15, 0.2) is 0 Å². The van der Waals surface area contributed by atoms with E-state index in [0.29, 0.717) is 25.0 Å². The molecule has 1 aromatic heterocycles. The van der Waals surface area contributed by atoms with E-state index in [-0.39, 0.29) is 18.5 Å². The van der Waals surface area contributed by atoms with Gasteiger partial charge in [0.05, 0.1) is 19.2 Å². The molecule has 6 heteroatoms. The molecular formula is C25H27NO4S. The van der Waals surface area contributed by atoms with Crippen molar-refractivity contribution >= 4 is 34.0 Å². The van der Waals surface area contributed by atoms with Crippen molar-refractivity contribution < 1.29 is 19.1 Å². The number of amides is 1.